The van der Waals surface area contributed by atoms with Crippen molar-refractivity contribution in [2.45, 2.75) is 65.0 Å². The second-order valence-electron chi connectivity index (χ2n) is 10.5. The summed E-state index contributed by atoms with van der Waals surface area (Å²) in [7, 11) is -4.54. The molecular weight excluding hydrogens is 591 g/mol. The molecule has 2 aromatic heterocycles. The van der Waals surface area contributed by atoms with E-state index < -0.39 is 25.6 Å². The van der Waals surface area contributed by atoms with Crippen molar-refractivity contribution in [2.75, 3.05) is 25.6 Å². The summed E-state index contributed by atoms with van der Waals surface area (Å²) in [6.07, 6.45) is 3.02. The molecule has 4 aromatic rings. The molecule has 0 radical (unpaired) electrons. The van der Waals surface area contributed by atoms with Crippen LogP contribution in [0.25, 0.3) is 21.8 Å². The molecule has 3 N–H and O–H groups in total. The first-order valence-electron chi connectivity index (χ1n) is 14.6. The number of fused-ring (bicyclic) bond motifs is 3. The molecule has 0 atom stereocenters. The number of aliphatic carboxylic acids is 1. The van der Waals surface area contributed by atoms with E-state index in [2.05, 4.69) is 16.0 Å². The van der Waals surface area contributed by atoms with E-state index in [-0.39, 0.29) is 32.7 Å². The first-order valence-corrected chi connectivity index (χ1v) is 16.2. The zero-order valence-electron chi connectivity index (χ0n) is 25.1. The van der Waals surface area contributed by atoms with Gasteiger partial charge in [0.2, 0.25) is 0 Å². The number of nitrogens with two attached hydrogens (primary N) is 1. The minimum Gasteiger partial charge on any atom is -0.494 e. The van der Waals surface area contributed by atoms with Gasteiger partial charge in [-0.05, 0) is 93.0 Å². The van der Waals surface area contributed by atoms with E-state index in [9.17, 15) is 18.1 Å². The number of carbonyl (C=O) groups is 1. The number of alkyl halides is 2. The van der Waals surface area contributed by atoms with E-state index in [0.29, 0.717) is 29.0 Å². The van der Waals surface area contributed by atoms with E-state index >= 15 is 0 Å². The Morgan fingerprint density at radius 1 is 1.00 bits per heavy atom. The first-order chi connectivity index (χ1) is 21.0. The number of hydrogen-bond acceptors (Lipinski definition) is 8. The topological polar surface area (TPSA) is 134 Å². The summed E-state index contributed by atoms with van der Waals surface area (Å²) in [6, 6.07) is 13.4. The lowest BCUT2D eigenvalue weighted by atomic mass is 9.99. The molecule has 2 heterocycles. The number of carboxylic acids is 1. The Hall–Kier alpha value is -3.66. The van der Waals surface area contributed by atoms with Gasteiger partial charge in [0.15, 0.2) is 5.82 Å². The summed E-state index contributed by atoms with van der Waals surface area (Å²) in [4.78, 5) is 20.0. The molecule has 12 heteroatoms. The number of aromatic nitrogens is 2. The maximum absolute atomic E-state index is 14.6. The first kappa shape index (κ1) is 33.2. The molecule has 0 aliphatic heterocycles. The van der Waals surface area contributed by atoms with Crippen LogP contribution in [0.3, 0.4) is 0 Å². The van der Waals surface area contributed by atoms with Crippen LogP contribution in [0.1, 0.15) is 55.4 Å². The van der Waals surface area contributed by atoms with E-state index in [4.69, 9.17) is 24.6 Å². The number of aryl methyl sites for hydroxylation is 4. The maximum atomic E-state index is 14.6. The van der Waals surface area contributed by atoms with Gasteiger partial charge in [0.1, 0.15) is 11.3 Å². The fourth-order valence-electron chi connectivity index (χ4n) is 5.04. The van der Waals surface area contributed by atoms with E-state index in [1.54, 1.807) is 6.20 Å². The van der Waals surface area contributed by atoms with Crippen molar-refractivity contribution in [3.05, 3.63) is 70.9 Å². The van der Waals surface area contributed by atoms with Gasteiger partial charge in [0, 0.05) is 29.8 Å². The summed E-state index contributed by atoms with van der Waals surface area (Å²) in [5.74, 6) is 0.0366. The predicted molar refractivity (Wildman–Crippen MR) is 167 cm³/mol. The third-order valence-electron chi connectivity index (χ3n) is 7.29. The molecule has 2 aromatic carbocycles. The molecule has 9 nitrogen and oxygen atoms in total. The molecule has 0 spiro atoms. The monoisotopic (exact) mass is 629 g/mol. The number of nitrogens with zero attached hydrogens (tertiary/aromatic N) is 2. The van der Waals surface area contributed by atoms with Crippen LogP contribution in [0.2, 0.25) is 0 Å². The lowest BCUT2D eigenvalue weighted by Gasteiger charge is -2.25. The Balaban J connectivity index is 1.38. The smallest absolute Gasteiger partial charge is 0.399 e. The van der Waals surface area contributed by atoms with Crippen LogP contribution in [0.5, 0.6) is 5.75 Å². The Morgan fingerprint density at radius 2 is 1.75 bits per heavy atom. The lowest BCUT2D eigenvalue weighted by Crippen LogP contribution is -2.21. The maximum Gasteiger partial charge on any atom is 0.399 e. The molecule has 0 aliphatic rings. The second kappa shape index (κ2) is 14.4. The summed E-state index contributed by atoms with van der Waals surface area (Å²) in [6.45, 7) is 4.73. The van der Waals surface area contributed by atoms with Crippen LogP contribution >= 0.6 is 7.60 Å². The summed E-state index contributed by atoms with van der Waals surface area (Å²) in [5, 5.41) is 10.8. The highest BCUT2D eigenvalue weighted by atomic mass is 31.2. The number of rotatable bonds is 16. The zero-order chi connectivity index (χ0) is 31.9. The molecule has 0 amide bonds. The Labute approximate surface area is 255 Å². The number of pyridine rings is 2. The minimum atomic E-state index is -4.54. The lowest BCUT2D eigenvalue weighted by molar-refractivity contribution is -0.136. The molecule has 4 rings (SSSR count). The quantitative estimate of drug-likeness (QED) is 0.0734. The largest absolute Gasteiger partial charge is 0.494 e. The molecule has 0 unspecified atom stereocenters. The van der Waals surface area contributed by atoms with Gasteiger partial charge in [0.25, 0.3) is 0 Å². The highest BCUT2D eigenvalue weighted by Crippen LogP contribution is 2.63. The highest BCUT2D eigenvalue weighted by Gasteiger charge is 2.52. The number of ether oxygens (including phenoxy) is 1. The number of carboxylic acid groups (broad SMARTS) is 1. The Morgan fingerprint density at radius 3 is 2.43 bits per heavy atom. The number of halogens is 2. The molecule has 0 aliphatic carbocycles. The predicted octanol–water partition coefficient (Wildman–Crippen LogP) is 7.49. The summed E-state index contributed by atoms with van der Waals surface area (Å²) in [5.41, 5.74) is 7.95. The Kier molecular flexibility index (Phi) is 10.9. The van der Waals surface area contributed by atoms with E-state index in [1.807, 2.05) is 43.3 Å². The second-order valence-corrected chi connectivity index (χ2v) is 12.7. The standard InChI is InChI=1S/C32H38F2N3O6P/c1-4-42-44(40,43-5-2)32(33,34)15-6-16-41-25-12-11-24(21(3)17-25)10-7-23-18-27-26-13-8-22(9-14-29(38)39)19-28(26)37-31(35)30(27)36-20-23/h8,11-13,17-20H,4-7,9-10,14-16H2,1-3H3,(H2,35,37)(H,38,39). The average Bonchev–Trinajstić information content (AvgIpc) is 2.98. The van der Waals surface area contributed by atoms with Crippen LogP contribution in [-0.2, 0) is 37.7 Å². The number of benzene rings is 2. The van der Waals surface area contributed by atoms with E-state index in [0.717, 1.165) is 45.9 Å². The van der Waals surface area contributed by atoms with E-state index in [1.165, 1.54) is 13.8 Å². The van der Waals surface area contributed by atoms with Crippen LogP contribution in [0.4, 0.5) is 14.6 Å². The van der Waals surface area contributed by atoms with Gasteiger partial charge in [-0.25, -0.2) is 4.98 Å². The molecule has 0 saturated carbocycles. The molecular formula is C32H38F2N3O6P. The zero-order valence-corrected chi connectivity index (χ0v) is 26.0. The van der Waals surface area contributed by atoms with Crippen molar-refractivity contribution in [3.8, 4) is 5.75 Å². The summed E-state index contributed by atoms with van der Waals surface area (Å²) >= 11 is 0. The average molecular weight is 630 g/mol. The van der Waals surface area contributed by atoms with Crippen LogP contribution in [0.15, 0.2) is 48.7 Å². The van der Waals surface area contributed by atoms with Gasteiger partial charge >= 0.3 is 19.2 Å². The van der Waals surface area contributed by atoms with Crippen molar-refractivity contribution in [1.29, 1.82) is 0 Å². The van der Waals surface area contributed by atoms with Crippen molar-refractivity contribution in [2.24, 2.45) is 0 Å². The molecule has 236 valence electrons. The van der Waals surface area contributed by atoms with Crippen molar-refractivity contribution in [3.63, 3.8) is 0 Å². The molecule has 0 fully saturated rings. The van der Waals surface area contributed by atoms with Gasteiger partial charge in [-0.2, -0.15) is 8.78 Å². The number of anilines is 1. The van der Waals surface area contributed by atoms with Crippen molar-refractivity contribution < 1.29 is 37.0 Å². The van der Waals surface area contributed by atoms with Crippen LogP contribution in [-0.4, -0.2) is 46.5 Å². The third-order valence-corrected chi connectivity index (χ3v) is 9.52. The normalized spacial score (nSPS) is 12.2. The van der Waals surface area contributed by atoms with Gasteiger partial charge in [-0.3, -0.25) is 14.3 Å². The SMILES string of the molecule is CCOP(=O)(OCC)C(F)(F)CCCOc1ccc(CCc2cnc3c(N)nc4cc(CCC(=O)O)ccc4c3c2)c(C)c1. The number of nitrogen functional groups attached to an aromatic ring is 1. The minimum absolute atomic E-state index is 0.0226. The van der Waals surface area contributed by atoms with Gasteiger partial charge in [0.05, 0.1) is 25.3 Å². The van der Waals surface area contributed by atoms with Crippen molar-refractivity contribution in [1.82, 2.24) is 9.97 Å². The molecule has 44 heavy (non-hydrogen) atoms. The summed E-state index contributed by atoms with van der Waals surface area (Å²) < 4.78 is 56.9. The molecule has 0 bridgehead atoms. The Bertz CT molecular complexity index is 1670. The third kappa shape index (κ3) is 7.88. The fraction of sp³-hybridized carbons (Fsp3) is 0.406. The van der Waals surface area contributed by atoms with Crippen LogP contribution in [0, 0.1) is 6.92 Å². The molecule has 0 saturated heterocycles. The van der Waals surface area contributed by atoms with Crippen molar-refractivity contribution >= 4 is 41.2 Å². The fourth-order valence-corrected chi connectivity index (χ4v) is 6.60. The number of hydrogen-bond donors (Lipinski definition) is 2. The highest BCUT2D eigenvalue weighted by molar-refractivity contribution is 7.55. The van der Waals surface area contributed by atoms with Crippen LogP contribution < -0.4 is 10.5 Å². The van der Waals surface area contributed by atoms with Gasteiger partial charge in [-0.1, -0.05) is 18.2 Å². The van der Waals surface area contributed by atoms with Gasteiger partial charge < -0.3 is 24.6 Å². The van der Waals surface area contributed by atoms with Gasteiger partial charge in [-0.15, -0.1) is 0 Å².